The maximum absolute atomic E-state index is 13.4. The lowest BCUT2D eigenvalue weighted by Gasteiger charge is -2.32. The summed E-state index contributed by atoms with van der Waals surface area (Å²) in [6, 6.07) is 4.53. The Kier molecular flexibility index (Phi) is 4.79. The van der Waals surface area contributed by atoms with E-state index in [9.17, 15) is 9.50 Å². The fraction of sp³-hybridized carbons (Fsp3) is 0.500. The summed E-state index contributed by atoms with van der Waals surface area (Å²) in [6.07, 6.45) is 4.36. The number of aliphatic hydroxyl groups is 1. The van der Waals surface area contributed by atoms with Gasteiger partial charge in [0, 0.05) is 23.8 Å². The second-order valence-corrected chi connectivity index (χ2v) is 5.00. The van der Waals surface area contributed by atoms with E-state index in [0.29, 0.717) is 23.8 Å². The number of rotatable bonds is 5. The third-order valence-corrected chi connectivity index (χ3v) is 3.76. The quantitative estimate of drug-likeness (QED) is 0.332. The Morgan fingerprint density at radius 2 is 2.10 bits per heavy atom. The lowest BCUT2D eigenvalue weighted by Crippen LogP contribution is -2.37. The maximum Gasteiger partial charge on any atom is 0.172 e. The summed E-state index contributed by atoms with van der Waals surface area (Å²) in [5.41, 5.74) is 6.69. The predicted molar refractivity (Wildman–Crippen MR) is 75.6 cm³/mol. The van der Waals surface area contributed by atoms with Crippen molar-refractivity contribution in [2.24, 2.45) is 10.9 Å². The highest BCUT2D eigenvalue weighted by molar-refractivity contribution is 6.02. The molecular weight excluding hydrogens is 261 g/mol. The van der Waals surface area contributed by atoms with Crippen molar-refractivity contribution in [1.29, 1.82) is 0 Å². The number of anilines is 1. The van der Waals surface area contributed by atoms with Crippen LogP contribution in [0.4, 0.5) is 10.1 Å². The SMILES string of the molecule is NC(=NO)c1cc(F)ccc1N(CCO)C1CCCC1. The molecule has 5 nitrogen and oxygen atoms in total. The van der Waals surface area contributed by atoms with Crippen LogP contribution in [0, 0.1) is 5.82 Å². The minimum Gasteiger partial charge on any atom is -0.409 e. The summed E-state index contributed by atoms with van der Waals surface area (Å²) in [5.74, 6) is -0.564. The smallest absolute Gasteiger partial charge is 0.172 e. The van der Waals surface area contributed by atoms with Crippen molar-refractivity contribution in [1.82, 2.24) is 0 Å². The summed E-state index contributed by atoms with van der Waals surface area (Å²) >= 11 is 0. The van der Waals surface area contributed by atoms with E-state index in [1.807, 2.05) is 4.90 Å². The van der Waals surface area contributed by atoms with Gasteiger partial charge in [-0.2, -0.15) is 0 Å². The van der Waals surface area contributed by atoms with Crippen molar-refractivity contribution >= 4 is 11.5 Å². The molecule has 0 atom stereocenters. The van der Waals surface area contributed by atoms with Crippen molar-refractivity contribution in [3.8, 4) is 0 Å². The molecule has 110 valence electrons. The molecule has 0 unspecified atom stereocenters. The second-order valence-electron chi connectivity index (χ2n) is 5.00. The number of aliphatic hydroxyl groups excluding tert-OH is 1. The average Bonchev–Trinajstić information content (AvgIpc) is 2.98. The molecule has 1 aliphatic carbocycles. The molecule has 0 amide bonds. The van der Waals surface area contributed by atoms with E-state index < -0.39 is 5.82 Å². The zero-order chi connectivity index (χ0) is 14.5. The van der Waals surface area contributed by atoms with Gasteiger partial charge >= 0.3 is 0 Å². The molecule has 0 heterocycles. The molecule has 6 heteroatoms. The van der Waals surface area contributed by atoms with E-state index >= 15 is 0 Å². The topological polar surface area (TPSA) is 82.1 Å². The number of nitrogens with two attached hydrogens (primary N) is 1. The van der Waals surface area contributed by atoms with E-state index in [-0.39, 0.29) is 12.4 Å². The Hall–Kier alpha value is -1.82. The molecule has 0 aromatic heterocycles. The van der Waals surface area contributed by atoms with Crippen molar-refractivity contribution in [3.05, 3.63) is 29.6 Å². The first kappa shape index (κ1) is 14.6. The van der Waals surface area contributed by atoms with Crippen LogP contribution in [0.5, 0.6) is 0 Å². The zero-order valence-electron chi connectivity index (χ0n) is 11.3. The molecule has 20 heavy (non-hydrogen) atoms. The molecular formula is C14H20FN3O2. The van der Waals surface area contributed by atoms with Crippen LogP contribution in [0.3, 0.4) is 0 Å². The molecule has 0 bridgehead atoms. The third-order valence-electron chi connectivity index (χ3n) is 3.76. The Bertz CT molecular complexity index is 487. The Morgan fingerprint density at radius 3 is 2.70 bits per heavy atom. The number of hydrogen-bond donors (Lipinski definition) is 3. The summed E-state index contributed by atoms with van der Waals surface area (Å²) in [4.78, 5) is 2.03. The van der Waals surface area contributed by atoms with Gasteiger partial charge in [-0.3, -0.25) is 0 Å². The monoisotopic (exact) mass is 281 g/mol. The van der Waals surface area contributed by atoms with Gasteiger partial charge in [-0.15, -0.1) is 0 Å². The molecule has 0 saturated heterocycles. The van der Waals surface area contributed by atoms with Crippen LogP contribution in [0.25, 0.3) is 0 Å². The summed E-state index contributed by atoms with van der Waals surface area (Å²) < 4.78 is 13.4. The van der Waals surface area contributed by atoms with Crippen LogP contribution < -0.4 is 10.6 Å². The highest BCUT2D eigenvalue weighted by atomic mass is 19.1. The van der Waals surface area contributed by atoms with Crippen molar-refractivity contribution in [2.75, 3.05) is 18.1 Å². The Balaban J connectivity index is 2.41. The first-order valence-electron chi connectivity index (χ1n) is 6.82. The Morgan fingerprint density at radius 1 is 1.40 bits per heavy atom. The number of benzene rings is 1. The normalized spacial score (nSPS) is 16.6. The third kappa shape index (κ3) is 3.01. The van der Waals surface area contributed by atoms with Crippen LogP contribution in [0.15, 0.2) is 23.4 Å². The van der Waals surface area contributed by atoms with E-state index in [2.05, 4.69) is 5.16 Å². The van der Waals surface area contributed by atoms with Gasteiger partial charge in [0.15, 0.2) is 5.84 Å². The van der Waals surface area contributed by atoms with Crippen molar-refractivity contribution in [2.45, 2.75) is 31.7 Å². The molecule has 0 spiro atoms. The number of hydrogen-bond acceptors (Lipinski definition) is 4. The van der Waals surface area contributed by atoms with Gasteiger partial charge in [-0.1, -0.05) is 18.0 Å². The van der Waals surface area contributed by atoms with Gasteiger partial charge < -0.3 is 20.9 Å². The molecule has 1 aromatic carbocycles. The number of nitrogens with zero attached hydrogens (tertiary/aromatic N) is 2. The van der Waals surface area contributed by atoms with Crippen molar-refractivity contribution in [3.63, 3.8) is 0 Å². The van der Waals surface area contributed by atoms with Gasteiger partial charge in [0.05, 0.1) is 6.61 Å². The molecule has 2 rings (SSSR count). The molecule has 1 saturated carbocycles. The molecule has 4 N–H and O–H groups in total. The van der Waals surface area contributed by atoms with E-state index in [0.717, 1.165) is 25.7 Å². The van der Waals surface area contributed by atoms with Gasteiger partial charge in [-0.05, 0) is 31.0 Å². The second kappa shape index (κ2) is 6.56. The molecule has 1 aromatic rings. The van der Waals surface area contributed by atoms with E-state index in [4.69, 9.17) is 10.9 Å². The van der Waals surface area contributed by atoms with Crippen molar-refractivity contribution < 1.29 is 14.7 Å². The minimum absolute atomic E-state index is 0.00346. The summed E-state index contributed by atoms with van der Waals surface area (Å²) in [6.45, 7) is 0.450. The lowest BCUT2D eigenvalue weighted by atomic mass is 10.1. The zero-order valence-corrected chi connectivity index (χ0v) is 11.3. The highest BCUT2D eigenvalue weighted by Gasteiger charge is 2.25. The van der Waals surface area contributed by atoms with Crippen LogP contribution in [0.2, 0.25) is 0 Å². The number of amidine groups is 1. The average molecular weight is 281 g/mol. The fourth-order valence-corrected chi connectivity index (χ4v) is 2.84. The minimum atomic E-state index is -0.439. The standard InChI is InChI=1S/C14H20FN3O2/c15-10-5-6-13(12(9-10)14(16)17-20)18(7-8-19)11-3-1-2-4-11/h5-6,9,11,19-20H,1-4,7-8H2,(H2,16,17). The predicted octanol–water partition coefficient (Wildman–Crippen LogP) is 1.66. The largest absolute Gasteiger partial charge is 0.409 e. The Labute approximate surface area is 117 Å². The fourth-order valence-electron chi connectivity index (χ4n) is 2.84. The molecule has 1 aliphatic rings. The summed E-state index contributed by atoms with van der Waals surface area (Å²) in [7, 11) is 0. The lowest BCUT2D eigenvalue weighted by molar-refractivity contribution is 0.297. The van der Waals surface area contributed by atoms with E-state index in [1.165, 1.54) is 12.1 Å². The van der Waals surface area contributed by atoms with Crippen LogP contribution in [0.1, 0.15) is 31.2 Å². The summed E-state index contributed by atoms with van der Waals surface area (Å²) in [5, 5.41) is 21.1. The molecule has 1 fully saturated rings. The van der Waals surface area contributed by atoms with Crippen LogP contribution in [-0.2, 0) is 0 Å². The van der Waals surface area contributed by atoms with Gasteiger partial charge in [-0.25, -0.2) is 4.39 Å². The maximum atomic E-state index is 13.4. The highest BCUT2D eigenvalue weighted by Crippen LogP contribution is 2.30. The van der Waals surface area contributed by atoms with Crippen LogP contribution >= 0.6 is 0 Å². The first-order valence-corrected chi connectivity index (χ1v) is 6.82. The van der Waals surface area contributed by atoms with E-state index in [1.54, 1.807) is 6.07 Å². The first-order chi connectivity index (χ1) is 9.67. The van der Waals surface area contributed by atoms with Gasteiger partial charge in [0.1, 0.15) is 5.82 Å². The van der Waals surface area contributed by atoms with Gasteiger partial charge in [0.25, 0.3) is 0 Å². The molecule has 0 aliphatic heterocycles. The number of oxime groups is 1. The van der Waals surface area contributed by atoms with Crippen LogP contribution in [-0.4, -0.2) is 35.3 Å². The number of halogens is 1. The molecule has 0 radical (unpaired) electrons. The van der Waals surface area contributed by atoms with Gasteiger partial charge in [0.2, 0.25) is 0 Å².